The average Bonchev–Trinajstić information content (AvgIpc) is 2.51. The maximum Gasteiger partial charge on any atom is 0.258 e. The Kier molecular flexibility index (Phi) is 4.68. The van der Waals surface area contributed by atoms with Gasteiger partial charge in [0.15, 0.2) is 0 Å². The van der Waals surface area contributed by atoms with Crippen molar-refractivity contribution < 1.29 is 4.79 Å². The van der Waals surface area contributed by atoms with E-state index in [9.17, 15) is 4.79 Å². The summed E-state index contributed by atoms with van der Waals surface area (Å²) in [7, 11) is 0. The first-order valence-electron chi connectivity index (χ1n) is 7.19. The predicted molar refractivity (Wildman–Crippen MR) is 101 cm³/mol. The van der Waals surface area contributed by atoms with Crippen LogP contribution in [0, 0.1) is 13.8 Å². The van der Waals surface area contributed by atoms with Crippen LogP contribution in [-0.2, 0) is 0 Å². The summed E-state index contributed by atoms with van der Waals surface area (Å²) in [4.78, 5) is 17.0. The van der Waals surface area contributed by atoms with Crippen LogP contribution in [0.4, 0.5) is 5.69 Å². The predicted octanol–water partition coefficient (Wildman–Crippen LogP) is 6.06. The van der Waals surface area contributed by atoms with Crippen molar-refractivity contribution in [3.05, 3.63) is 68.3 Å². The lowest BCUT2D eigenvalue weighted by atomic mass is 10.1. The van der Waals surface area contributed by atoms with Gasteiger partial charge in [0.2, 0.25) is 0 Å². The number of carbonyl (C=O) groups is 1. The summed E-state index contributed by atoms with van der Waals surface area (Å²) in [6.45, 7) is 3.81. The van der Waals surface area contributed by atoms with Crippen molar-refractivity contribution in [1.29, 1.82) is 0 Å². The summed E-state index contributed by atoms with van der Waals surface area (Å²) < 4.78 is 0. The van der Waals surface area contributed by atoms with E-state index in [0.717, 1.165) is 16.5 Å². The molecule has 1 amide bonds. The van der Waals surface area contributed by atoms with Crippen LogP contribution in [0.1, 0.15) is 21.5 Å². The normalized spacial score (nSPS) is 10.9. The van der Waals surface area contributed by atoms with Crippen molar-refractivity contribution in [1.82, 2.24) is 4.98 Å². The van der Waals surface area contributed by atoms with E-state index >= 15 is 0 Å². The highest BCUT2D eigenvalue weighted by atomic mass is 35.5. The summed E-state index contributed by atoms with van der Waals surface area (Å²) in [6, 6.07) is 8.71. The smallest absolute Gasteiger partial charge is 0.258 e. The van der Waals surface area contributed by atoms with Crippen LogP contribution >= 0.6 is 34.8 Å². The fourth-order valence-electron chi connectivity index (χ4n) is 2.51. The molecular formula is C18H13Cl3N2O. The number of aromatic nitrogens is 1. The lowest BCUT2D eigenvalue weighted by Crippen LogP contribution is -2.14. The number of carbonyl (C=O) groups excluding carboxylic acids is 1. The molecule has 0 saturated carbocycles. The van der Waals surface area contributed by atoms with Crippen LogP contribution in [0.15, 0.2) is 36.5 Å². The molecule has 0 aliphatic carbocycles. The summed E-state index contributed by atoms with van der Waals surface area (Å²) in [5, 5.41) is 4.83. The maximum absolute atomic E-state index is 12.6. The molecule has 0 atom stereocenters. The molecule has 2 aromatic carbocycles. The number of hydrogen-bond acceptors (Lipinski definition) is 2. The Hall–Kier alpha value is -1.81. The van der Waals surface area contributed by atoms with Crippen LogP contribution in [0.5, 0.6) is 0 Å². The SMILES string of the molecule is Cc1cc(NC(=O)c2c(Cl)cccc2Cl)c2ncc(C)c(Cl)c2c1. The molecule has 122 valence electrons. The van der Waals surface area contributed by atoms with Gasteiger partial charge in [-0.25, -0.2) is 0 Å². The van der Waals surface area contributed by atoms with Gasteiger partial charge in [0, 0.05) is 11.6 Å². The van der Waals surface area contributed by atoms with E-state index in [1.54, 1.807) is 24.4 Å². The van der Waals surface area contributed by atoms with E-state index in [-0.39, 0.29) is 5.56 Å². The number of hydrogen-bond donors (Lipinski definition) is 1. The third-order valence-electron chi connectivity index (χ3n) is 3.66. The largest absolute Gasteiger partial charge is 0.320 e. The zero-order valence-electron chi connectivity index (χ0n) is 13.0. The average molecular weight is 380 g/mol. The molecule has 0 aliphatic rings. The number of aryl methyl sites for hydroxylation is 2. The number of fused-ring (bicyclic) bond motifs is 1. The Balaban J connectivity index is 2.11. The quantitative estimate of drug-likeness (QED) is 0.587. The molecule has 1 aromatic heterocycles. The number of amides is 1. The highest BCUT2D eigenvalue weighted by molar-refractivity contribution is 6.40. The van der Waals surface area contributed by atoms with E-state index < -0.39 is 5.91 Å². The zero-order valence-corrected chi connectivity index (χ0v) is 15.2. The minimum atomic E-state index is -0.393. The second-order valence-electron chi connectivity index (χ2n) is 5.51. The molecule has 0 radical (unpaired) electrons. The number of nitrogens with one attached hydrogen (secondary N) is 1. The lowest BCUT2D eigenvalue weighted by molar-refractivity contribution is 0.102. The molecule has 0 unspecified atom stereocenters. The van der Waals surface area contributed by atoms with Gasteiger partial charge >= 0.3 is 0 Å². The monoisotopic (exact) mass is 378 g/mol. The Morgan fingerprint density at radius 3 is 2.42 bits per heavy atom. The van der Waals surface area contributed by atoms with Crippen molar-refractivity contribution in [3.63, 3.8) is 0 Å². The highest BCUT2D eigenvalue weighted by Gasteiger charge is 2.17. The van der Waals surface area contributed by atoms with E-state index in [1.165, 1.54) is 0 Å². The Morgan fingerprint density at radius 2 is 1.75 bits per heavy atom. The number of halogens is 3. The van der Waals surface area contributed by atoms with Crippen molar-refractivity contribution in [3.8, 4) is 0 Å². The number of benzene rings is 2. The molecule has 6 heteroatoms. The molecule has 0 bridgehead atoms. The first-order valence-corrected chi connectivity index (χ1v) is 8.32. The topological polar surface area (TPSA) is 42.0 Å². The number of anilines is 1. The fraction of sp³-hybridized carbons (Fsp3) is 0.111. The third-order valence-corrected chi connectivity index (χ3v) is 4.79. The molecule has 0 fully saturated rings. The zero-order chi connectivity index (χ0) is 17.4. The highest BCUT2D eigenvalue weighted by Crippen LogP contribution is 2.32. The van der Waals surface area contributed by atoms with Crippen molar-refractivity contribution in [2.75, 3.05) is 5.32 Å². The molecule has 24 heavy (non-hydrogen) atoms. The van der Waals surface area contributed by atoms with Crippen LogP contribution in [0.3, 0.4) is 0 Å². The van der Waals surface area contributed by atoms with E-state index in [1.807, 2.05) is 26.0 Å². The standard InChI is InChI=1S/C18H13Cl3N2O/c1-9-6-11-16(21)10(2)8-22-17(11)14(7-9)23-18(24)15-12(19)4-3-5-13(15)20/h3-8H,1-2H3,(H,23,24). The summed E-state index contributed by atoms with van der Waals surface area (Å²) >= 11 is 18.6. The van der Waals surface area contributed by atoms with Crippen molar-refractivity contribution in [2.45, 2.75) is 13.8 Å². The summed E-state index contributed by atoms with van der Waals surface area (Å²) in [6.07, 6.45) is 1.68. The first kappa shape index (κ1) is 17.0. The second-order valence-corrected chi connectivity index (χ2v) is 6.71. The molecule has 3 aromatic rings. The van der Waals surface area contributed by atoms with Crippen LogP contribution in [0.25, 0.3) is 10.9 Å². The first-order chi connectivity index (χ1) is 11.4. The molecule has 0 saturated heterocycles. The minimum absolute atomic E-state index is 0.230. The maximum atomic E-state index is 12.6. The lowest BCUT2D eigenvalue weighted by Gasteiger charge is -2.13. The van der Waals surface area contributed by atoms with Gasteiger partial charge in [0.05, 0.1) is 31.8 Å². The molecule has 0 aliphatic heterocycles. The van der Waals surface area contributed by atoms with Gasteiger partial charge < -0.3 is 5.32 Å². The Bertz CT molecular complexity index is 950. The van der Waals surface area contributed by atoms with Crippen molar-refractivity contribution >= 4 is 57.3 Å². The molecular weight excluding hydrogens is 367 g/mol. The number of rotatable bonds is 2. The van der Waals surface area contributed by atoms with E-state index in [2.05, 4.69) is 10.3 Å². The number of pyridine rings is 1. The van der Waals surface area contributed by atoms with Gasteiger partial charge in [-0.1, -0.05) is 40.9 Å². The molecule has 0 spiro atoms. The van der Waals surface area contributed by atoms with E-state index in [0.29, 0.717) is 26.3 Å². The number of nitrogens with zero attached hydrogens (tertiary/aromatic N) is 1. The van der Waals surface area contributed by atoms with Gasteiger partial charge in [0.1, 0.15) is 0 Å². The van der Waals surface area contributed by atoms with Gasteiger partial charge in [0.25, 0.3) is 5.91 Å². The molecule has 1 heterocycles. The minimum Gasteiger partial charge on any atom is -0.320 e. The Morgan fingerprint density at radius 1 is 1.08 bits per heavy atom. The van der Waals surface area contributed by atoms with E-state index in [4.69, 9.17) is 34.8 Å². The van der Waals surface area contributed by atoms with Gasteiger partial charge in [-0.05, 0) is 49.2 Å². The van der Waals surface area contributed by atoms with Gasteiger partial charge in [-0.3, -0.25) is 9.78 Å². The third kappa shape index (κ3) is 3.07. The molecule has 3 rings (SSSR count). The Labute approximate surface area is 154 Å². The van der Waals surface area contributed by atoms with Gasteiger partial charge in [-0.2, -0.15) is 0 Å². The van der Waals surface area contributed by atoms with Gasteiger partial charge in [-0.15, -0.1) is 0 Å². The summed E-state index contributed by atoms with van der Waals surface area (Å²) in [5.41, 5.74) is 3.24. The summed E-state index contributed by atoms with van der Waals surface area (Å²) in [5.74, 6) is -0.393. The second kappa shape index (κ2) is 6.60. The fourth-order valence-corrected chi connectivity index (χ4v) is 3.27. The molecule has 1 N–H and O–H groups in total. The van der Waals surface area contributed by atoms with Crippen LogP contribution in [0.2, 0.25) is 15.1 Å². The van der Waals surface area contributed by atoms with Crippen LogP contribution in [-0.4, -0.2) is 10.9 Å². The molecule has 3 nitrogen and oxygen atoms in total. The van der Waals surface area contributed by atoms with Crippen LogP contribution < -0.4 is 5.32 Å². The van der Waals surface area contributed by atoms with Crippen molar-refractivity contribution in [2.24, 2.45) is 0 Å².